The minimum atomic E-state index is -0.0405. The second-order valence-corrected chi connectivity index (χ2v) is 4.45. The van der Waals surface area contributed by atoms with Gasteiger partial charge in [0.05, 0.1) is 19.6 Å². The highest BCUT2D eigenvalue weighted by atomic mass is 16.5. The number of hydrogen-bond donors (Lipinski definition) is 2. The van der Waals surface area contributed by atoms with Crippen LogP contribution in [0.3, 0.4) is 0 Å². The van der Waals surface area contributed by atoms with Gasteiger partial charge < -0.3 is 15.8 Å². The molecule has 3 N–H and O–H groups in total. The molecule has 0 saturated heterocycles. The van der Waals surface area contributed by atoms with Crippen LogP contribution < -0.4 is 11.1 Å². The smallest absolute Gasteiger partial charge is 0.226 e. The van der Waals surface area contributed by atoms with Gasteiger partial charge >= 0.3 is 0 Å². The lowest BCUT2D eigenvalue weighted by Crippen LogP contribution is -2.14. The van der Waals surface area contributed by atoms with Gasteiger partial charge in [0.1, 0.15) is 0 Å². The zero-order chi connectivity index (χ0) is 14.8. The summed E-state index contributed by atoms with van der Waals surface area (Å²) < 4.78 is 5.29. The quantitative estimate of drug-likeness (QED) is 0.616. The molecule has 0 spiro atoms. The number of hydrogen-bond acceptors (Lipinski definition) is 3. The average molecular weight is 274 g/mol. The average Bonchev–Trinajstić information content (AvgIpc) is 2.43. The number of anilines is 1. The van der Waals surface area contributed by atoms with E-state index in [4.69, 9.17) is 10.5 Å². The molecule has 0 aliphatic heterocycles. The summed E-state index contributed by atoms with van der Waals surface area (Å²) >= 11 is 0. The lowest BCUT2D eigenvalue weighted by Gasteiger charge is -2.07. The largest absolute Gasteiger partial charge is 0.381 e. The van der Waals surface area contributed by atoms with Crippen LogP contribution in [-0.2, 0) is 9.53 Å². The number of nitrogens with one attached hydrogen (secondary N) is 1. The molecule has 0 atom stereocenters. The van der Waals surface area contributed by atoms with Crippen LogP contribution in [0.15, 0.2) is 18.2 Å². The zero-order valence-corrected chi connectivity index (χ0v) is 12.2. The number of nitrogens with two attached hydrogens (primary N) is 1. The van der Waals surface area contributed by atoms with Crippen LogP contribution >= 0.6 is 0 Å². The molecule has 1 amide bonds. The molecular formula is C16H22N2O2. The van der Waals surface area contributed by atoms with Crippen LogP contribution in [0.25, 0.3) is 0 Å². The van der Waals surface area contributed by atoms with Crippen molar-refractivity contribution >= 4 is 11.6 Å². The summed E-state index contributed by atoms with van der Waals surface area (Å²) in [5, 5.41) is 2.85. The third kappa shape index (κ3) is 5.87. The molecular weight excluding hydrogens is 252 g/mol. The van der Waals surface area contributed by atoms with Crippen molar-refractivity contribution in [1.82, 2.24) is 0 Å². The van der Waals surface area contributed by atoms with E-state index in [0.29, 0.717) is 26.2 Å². The Hall–Kier alpha value is -1.83. The Morgan fingerprint density at radius 1 is 1.40 bits per heavy atom. The van der Waals surface area contributed by atoms with Gasteiger partial charge in [0.25, 0.3) is 0 Å². The zero-order valence-electron chi connectivity index (χ0n) is 12.2. The molecule has 1 aromatic rings. The number of ether oxygens (including phenoxy) is 1. The Kier molecular flexibility index (Phi) is 7.41. The molecule has 1 aromatic carbocycles. The first-order valence-electron chi connectivity index (χ1n) is 6.84. The van der Waals surface area contributed by atoms with Crippen molar-refractivity contribution in [1.29, 1.82) is 0 Å². The molecule has 0 fully saturated rings. The Balaban J connectivity index is 2.52. The topological polar surface area (TPSA) is 64.3 Å². The number of carbonyl (C=O) groups excluding carboxylic acids is 1. The molecule has 0 aromatic heterocycles. The van der Waals surface area contributed by atoms with Gasteiger partial charge in [-0.15, -0.1) is 0 Å². The molecule has 0 unspecified atom stereocenters. The predicted molar refractivity (Wildman–Crippen MR) is 81.5 cm³/mol. The molecule has 4 nitrogen and oxygen atoms in total. The molecule has 0 radical (unpaired) electrons. The summed E-state index contributed by atoms with van der Waals surface area (Å²) in [7, 11) is 0. The summed E-state index contributed by atoms with van der Waals surface area (Å²) in [5.41, 5.74) is 8.08. The first-order chi connectivity index (χ1) is 9.67. The van der Waals surface area contributed by atoms with Crippen LogP contribution in [0.2, 0.25) is 0 Å². The number of carbonyl (C=O) groups is 1. The Morgan fingerprint density at radius 2 is 2.20 bits per heavy atom. The van der Waals surface area contributed by atoms with Crippen molar-refractivity contribution in [3.8, 4) is 11.8 Å². The summed E-state index contributed by atoms with van der Waals surface area (Å²) in [4.78, 5) is 11.7. The van der Waals surface area contributed by atoms with E-state index in [9.17, 15) is 4.79 Å². The summed E-state index contributed by atoms with van der Waals surface area (Å²) in [6.45, 7) is 5.49. The molecule has 4 heteroatoms. The second kappa shape index (κ2) is 9.13. The second-order valence-electron chi connectivity index (χ2n) is 4.45. The van der Waals surface area contributed by atoms with Crippen LogP contribution in [-0.4, -0.2) is 25.7 Å². The number of benzene rings is 1. The summed E-state index contributed by atoms with van der Waals surface area (Å²) in [6, 6.07) is 5.64. The van der Waals surface area contributed by atoms with Crippen LogP contribution in [0.4, 0.5) is 5.69 Å². The highest BCUT2D eigenvalue weighted by Gasteiger charge is 2.03. The van der Waals surface area contributed by atoms with E-state index < -0.39 is 0 Å². The SMILES string of the molecule is CCCOCCC(=O)Nc1ccc(C#CCN)c(C)c1. The fraction of sp³-hybridized carbons (Fsp3) is 0.438. The molecule has 1 rings (SSSR count). The third-order valence-electron chi connectivity index (χ3n) is 2.66. The first-order valence-corrected chi connectivity index (χ1v) is 6.84. The van der Waals surface area contributed by atoms with Gasteiger partial charge in [-0.05, 0) is 37.1 Å². The van der Waals surface area contributed by atoms with Gasteiger partial charge in [0, 0.05) is 17.9 Å². The van der Waals surface area contributed by atoms with Crippen molar-refractivity contribution < 1.29 is 9.53 Å². The highest BCUT2D eigenvalue weighted by Crippen LogP contribution is 2.14. The molecule has 0 heterocycles. The van der Waals surface area contributed by atoms with E-state index in [1.165, 1.54) is 0 Å². The van der Waals surface area contributed by atoms with Gasteiger partial charge in [-0.25, -0.2) is 0 Å². The molecule has 108 valence electrons. The summed E-state index contributed by atoms with van der Waals surface area (Å²) in [6.07, 6.45) is 1.33. The van der Waals surface area contributed by atoms with Crippen molar-refractivity contribution in [2.75, 3.05) is 25.1 Å². The molecule has 0 aliphatic rings. The predicted octanol–water partition coefficient (Wildman–Crippen LogP) is 2.06. The van der Waals surface area contributed by atoms with E-state index in [2.05, 4.69) is 17.2 Å². The monoisotopic (exact) mass is 274 g/mol. The van der Waals surface area contributed by atoms with Crippen molar-refractivity contribution in [2.24, 2.45) is 5.73 Å². The molecule has 0 aliphatic carbocycles. The maximum Gasteiger partial charge on any atom is 0.226 e. The maximum atomic E-state index is 11.7. The van der Waals surface area contributed by atoms with E-state index in [0.717, 1.165) is 23.2 Å². The van der Waals surface area contributed by atoms with Gasteiger partial charge in [-0.3, -0.25) is 4.79 Å². The molecule has 0 saturated carbocycles. The van der Waals surface area contributed by atoms with Crippen LogP contribution in [0.1, 0.15) is 30.9 Å². The fourth-order valence-electron chi connectivity index (χ4n) is 1.66. The minimum absolute atomic E-state index is 0.0405. The normalized spacial score (nSPS) is 9.75. The fourth-order valence-corrected chi connectivity index (χ4v) is 1.66. The van der Waals surface area contributed by atoms with E-state index in [1.807, 2.05) is 32.0 Å². The van der Waals surface area contributed by atoms with Gasteiger partial charge in [0.2, 0.25) is 5.91 Å². The highest BCUT2D eigenvalue weighted by molar-refractivity contribution is 5.90. The third-order valence-corrected chi connectivity index (χ3v) is 2.66. The van der Waals surface area contributed by atoms with Crippen molar-refractivity contribution in [2.45, 2.75) is 26.7 Å². The van der Waals surface area contributed by atoms with Gasteiger partial charge in [0.15, 0.2) is 0 Å². The number of amides is 1. The van der Waals surface area contributed by atoms with E-state index >= 15 is 0 Å². The Bertz CT molecular complexity index is 501. The standard InChI is InChI=1S/C16H22N2O2/c1-3-10-20-11-8-16(19)18-15-7-6-14(5-4-9-17)13(2)12-15/h6-7,12H,3,8-11,17H2,1-2H3,(H,18,19). The minimum Gasteiger partial charge on any atom is -0.381 e. The van der Waals surface area contributed by atoms with Gasteiger partial charge in [-0.1, -0.05) is 18.8 Å². The van der Waals surface area contributed by atoms with E-state index in [1.54, 1.807) is 0 Å². The Morgan fingerprint density at radius 3 is 2.85 bits per heavy atom. The van der Waals surface area contributed by atoms with Crippen molar-refractivity contribution in [3.05, 3.63) is 29.3 Å². The maximum absolute atomic E-state index is 11.7. The lowest BCUT2D eigenvalue weighted by molar-refractivity contribution is -0.117. The number of rotatable bonds is 6. The Labute approximate surface area is 120 Å². The van der Waals surface area contributed by atoms with Crippen molar-refractivity contribution in [3.63, 3.8) is 0 Å². The molecule has 20 heavy (non-hydrogen) atoms. The number of aryl methyl sites for hydroxylation is 1. The van der Waals surface area contributed by atoms with Crippen LogP contribution in [0.5, 0.6) is 0 Å². The molecule has 0 bridgehead atoms. The lowest BCUT2D eigenvalue weighted by atomic mass is 10.1. The summed E-state index contributed by atoms with van der Waals surface area (Å²) in [5.74, 6) is 5.77. The first kappa shape index (κ1) is 16.2. The van der Waals surface area contributed by atoms with Crippen LogP contribution in [0, 0.1) is 18.8 Å². The van der Waals surface area contributed by atoms with Gasteiger partial charge in [-0.2, -0.15) is 0 Å². The van der Waals surface area contributed by atoms with E-state index in [-0.39, 0.29) is 5.91 Å².